The number of aliphatic hydroxyl groups excluding tert-OH is 4. The van der Waals surface area contributed by atoms with Gasteiger partial charge in [0.15, 0.2) is 6.29 Å². The Morgan fingerprint density at radius 2 is 1.15 bits per heavy atom. The Bertz CT molecular complexity index is 905. The van der Waals surface area contributed by atoms with Crippen molar-refractivity contribution in [3.05, 3.63) is 36.5 Å². The molecule has 9 heteroatoms. The lowest BCUT2D eigenvalue weighted by molar-refractivity contribution is -0.305. The smallest absolute Gasteiger partial charge is 0.306 e. The number of unbranched alkanes of at least 4 members (excludes halogenated alkanes) is 19. The molecule has 1 aliphatic heterocycles. The standard InChI is InChI=1S/C44H80O9/c1-3-5-7-9-11-13-15-17-19-20-22-24-26-28-30-32-34-50-36-38(37-51-44-43(49)42(48)41(47)39(35-45)53-44)52-40(46)33-31-29-27-25-23-21-18-16-14-12-10-8-6-4-2/h5,7,11,13,17,19,38-39,41-45,47-49H,3-4,6,8-10,12,14-16,18,20-37H2,1-2H3/b7-5-,13-11-,19-17-. The molecule has 0 saturated carbocycles. The van der Waals surface area contributed by atoms with Gasteiger partial charge in [0.05, 0.1) is 19.8 Å². The topological polar surface area (TPSA) is 135 Å². The van der Waals surface area contributed by atoms with Gasteiger partial charge in [-0.15, -0.1) is 0 Å². The molecule has 1 aliphatic rings. The summed E-state index contributed by atoms with van der Waals surface area (Å²) in [5, 5.41) is 40.0. The summed E-state index contributed by atoms with van der Waals surface area (Å²) >= 11 is 0. The minimum absolute atomic E-state index is 0.117. The molecule has 6 atom stereocenters. The minimum atomic E-state index is -1.54. The van der Waals surface area contributed by atoms with Crippen LogP contribution in [-0.4, -0.2) is 89.6 Å². The van der Waals surface area contributed by atoms with Crippen molar-refractivity contribution in [2.24, 2.45) is 0 Å². The quantitative estimate of drug-likeness (QED) is 0.0281. The van der Waals surface area contributed by atoms with E-state index in [1.807, 2.05) is 0 Å². The predicted molar refractivity (Wildman–Crippen MR) is 215 cm³/mol. The number of hydrogen-bond acceptors (Lipinski definition) is 9. The summed E-state index contributed by atoms with van der Waals surface area (Å²) in [7, 11) is 0. The number of esters is 1. The van der Waals surface area contributed by atoms with Crippen LogP contribution in [0.2, 0.25) is 0 Å². The summed E-state index contributed by atoms with van der Waals surface area (Å²) in [6, 6.07) is 0. The Morgan fingerprint density at radius 3 is 1.74 bits per heavy atom. The van der Waals surface area contributed by atoms with Gasteiger partial charge in [0.25, 0.3) is 0 Å². The molecular formula is C44H80O9. The molecule has 1 heterocycles. The fourth-order valence-electron chi connectivity index (χ4n) is 6.45. The van der Waals surface area contributed by atoms with E-state index >= 15 is 0 Å². The van der Waals surface area contributed by atoms with Gasteiger partial charge in [-0.05, 0) is 44.9 Å². The number of allylic oxidation sites excluding steroid dienone is 6. The van der Waals surface area contributed by atoms with Crippen molar-refractivity contribution < 1.29 is 44.2 Å². The average Bonchev–Trinajstić information content (AvgIpc) is 3.16. The summed E-state index contributed by atoms with van der Waals surface area (Å²) in [5.74, 6) is -0.318. The van der Waals surface area contributed by atoms with Gasteiger partial charge in [0.1, 0.15) is 30.5 Å². The fourth-order valence-corrected chi connectivity index (χ4v) is 6.45. The fraction of sp³-hybridized carbons (Fsp3) is 0.841. The number of carbonyl (C=O) groups excluding carboxylic acids is 1. The van der Waals surface area contributed by atoms with E-state index in [1.54, 1.807) is 0 Å². The minimum Gasteiger partial charge on any atom is -0.457 e. The van der Waals surface area contributed by atoms with Gasteiger partial charge in [-0.1, -0.05) is 159 Å². The van der Waals surface area contributed by atoms with E-state index < -0.39 is 43.4 Å². The second kappa shape index (κ2) is 36.1. The summed E-state index contributed by atoms with van der Waals surface area (Å²) in [6.45, 7) is 4.42. The van der Waals surface area contributed by atoms with Crippen LogP contribution in [0.5, 0.6) is 0 Å². The van der Waals surface area contributed by atoms with E-state index in [9.17, 15) is 25.2 Å². The highest BCUT2D eigenvalue weighted by Crippen LogP contribution is 2.22. The van der Waals surface area contributed by atoms with Gasteiger partial charge < -0.3 is 39.4 Å². The third kappa shape index (κ3) is 27.6. The van der Waals surface area contributed by atoms with Gasteiger partial charge in [-0.3, -0.25) is 4.79 Å². The van der Waals surface area contributed by atoms with Crippen molar-refractivity contribution in [1.29, 1.82) is 0 Å². The molecule has 0 aromatic carbocycles. The van der Waals surface area contributed by atoms with Crippen LogP contribution in [0, 0.1) is 0 Å². The Hall–Kier alpha value is -1.59. The molecule has 4 N–H and O–H groups in total. The monoisotopic (exact) mass is 753 g/mol. The van der Waals surface area contributed by atoms with Crippen LogP contribution in [-0.2, 0) is 23.7 Å². The van der Waals surface area contributed by atoms with Crippen molar-refractivity contribution in [1.82, 2.24) is 0 Å². The molecular weight excluding hydrogens is 672 g/mol. The first-order chi connectivity index (χ1) is 25.9. The van der Waals surface area contributed by atoms with Crippen molar-refractivity contribution in [2.45, 2.75) is 211 Å². The van der Waals surface area contributed by atoms with Crippen LogP contribution in [0.3, 0.4) is 0 Å². The van der Waals surface area contributed by atoms with Crippen molar-refractivity contribution >= 4 is 5.97 Å². The van der Waals surface area contributed by atoms with E-state index in [0.29, 0.717) is 13.0 Å². The molecule has 0 bridgehead atoms. The number of ether oxygens (including phenoxy) is 4. The molecule has 0 aromatic rings. The van der Waals surface area contributed by atoms with Crippen LogP contribution < -0.4 is 0 Å². The molecule has 1 fully saturated rings. The first-order valence-electron chi connectivity index (χ1n) is 21.6. The van der Waals surface area contributed by atoms with Crippen molar-refractivity contribution in [3.8, 4) is 0 Å². The molecule has 0 radical (unpaired) electrons. The first kappa shape index (κ1) is 49.4. The maximum atomic E-state index is 12.7. The zero-order valence-corrected chi connectivity index (χ0v) is 33.8. The molecule has 6 unspecified atom stereocenters. The highest BCUT2D eigenvalue weighted by molar-refractivity contribution is 5.69. The lowest BCUT2D eigenvalue weighted by Gasteiger charge is -2.39. The van der Waals surface area contributed by atoms with Crippen LogP contribution in [0.1, 0.15) is 174 Å². The van der Waals surface area contributed by atoms with E-state index in [-0.39, 0.29) is 19.2 Å². The Balaban J connectivity index is 2.29. The lowest BCUT2D eigenvalue weighted by atomic mass is 9.99. The molecule has 0 aliphatic carbocycles. The van der Waals surface area contributed by atoms with Gasteiger partial charge in [0, 0.05) is 13.0 Å². The number of rotatable bonds is 36. The molecule has 9 nitrogen and oxygen atoms in total. The Morgan fingerprint density at radius 1 is 0.623 bits per heavy atom. The van der Waals surface area contributed by atoms with Gasteiger partial charge in [0.2, 0.25) is 0 Å². The molecule has 1 rings (SSSR count). The number of aliphatic hydroxyl groups is 4. The lowest BCUT2D eigenvalue weighted by Crippen LogP contribution is -2.59. The van der Waals surface area contributed by atoms with Crippen molar-refractivity contribution in [2.75, 3.05) is 26.4 Å². The molecule has 53 heavy (non-hydrogen) atoms. The maximum Gasteiger partial charge on any atom is 0.306 e. The molecule has 0 aromatic heterocycles. The average molecular weight is 753 g/mol. The summed E-state index contributed by atoms with van der Waals surface area (Å²) in [5.41, 5.74) is 0. The largest absolute Gasteiger partial charge is 0.457 e. The van der Waals surface area contributed by atoms with E-state index in [2.05, 4.69) is 50.3 Å². The van der Waals surface area contributed by atoms with E-state index in [1.165, 1.54) is 89.9 Å². The highest BCUT2D eigenvalue weighted by Gasteiger charge is 2.44. The van der Waals surface area contributed by atoms with Gasteiger partial charge in [-0.25, -0.2) is 0 Å². The van der Waals surface area contributed by atoms with Crippen LogP contribution in [0.25, 0.3) is 0 Å². The summed E-state index contributed by atoms with van der Waals surface area (Å²) in [4.78, 5) is 12.7. The SMILES string of the molecule is CC/C=C\C/C=C\C/C=C\CCCCCCCCOCC(COC1OC(CO)C(O)C(O)C1O)OC(=O)CCCCCCCCCCCCCCCC. The third-order valence-corrected chi connectivity index (χ3v) is 9.82. The molecule has 310 valence electrons. The molecule has 0 amide bonds. The van der Waals surface area contributed by atoms with Crippen LogP contribution >= 0.6 is 0 Å². The van der Waals surface area contributed by atoms with Crippen LogP contribution in [0.15, 0.2) is 36.5 Å². The number of carbonyl (C=O) groups is 1. The summed E-state index contributed by atoms with van der Waals surface area (Å²) in [6.07, 6.45) is 34.5. The Labute approximate surface area is 323 Å². The number of hydrogen-bond donors (Lipinski definition) is 4. The third-order valence-electron chi connectivity index (χ3n) is 9.82. The van der Waals surface area contributed by atoms with Gasteiger partial charge >= 0.3 is 5.97 Å². The zero-order chi connectivity index (χ0) is 38.6. The second-order valence-corrected chi connectivity index (χ2v) is 14.8. The molecule has 0 spiro atoms. The zero-order valence-electron chi connectivity index (χ0n) is 33.8. The molecule has 1 saturated heterocycles. The van der Waals surface area contributed by atoms with E-state index in [0.717, 1.165) is 64.2 Å². The van der Waals surface area contributed by atoms with Crippen LogP contribution in [0.4, 0.5) is 0 Å². The highest BCUT2D eigenvalue weighted by atomic mass is 16.7. The van der Waals surface area contributed by atoms with E-state index in [4.69, 9.17) is 18.9 Å². The van der Waals surface area contributed by atoms with Gasteiger partial charge in [-0.2, -0.15) is 0 Å². The second-order valence-electron chi connectivity index (χ2n) is 14.8. The summed E-state index contributed by atoms with van der Waals surface area (Å²) < 4.78 is 22.8. The maximum absolute atomic E-state index is 12.7. The van der Waals surface area contributed by atoms with Crippen molar-refractivity contribution in [3.63, 3.8) is 0 Å². The normalized spacial score (nSPS) is 21.4. The Kier molecular flexibility index (Phi) is 33.6. The predicted octanol–water partition coefficient (Wildman–Crippen LogP) is 9.19. The first-order valence-corrected chi connectivity index (χ1v) is 21.6.